The van der Waals surface area contributed by atoms with Crippen molar-refractivity contribution in [3.8, 4) is 0 Å². The second-order valence-electron chi connectivity index (χ2n) is 16.7. The van der Waals surface area contributed by atoms with Gasteiger partial charge in [0, 0.05) is 25.7 Å². The molecule has 1 rings (SSSR count). The Hall–Kier alpha value is -0.460. The van der Waals surface area contributed by atoms with E-state index >= 15 is 0 Å². The van der Waals surface area contributed by atoms with Gasteiger partial charge in [0.05, 0.1) is 17.8 Å². The van der Waals surface area contributed by atoms with Gasteiger partial charge in [-0.3, -0.25) is 0 Å². The number of methoxy groups -OCH3 is 1. The Morgan fingerprint density at radius 2 is 1.60 bits per heavy atom. The number of nitrogens with zero attached hydrogens (tertiary/aromatic N) is 2. The summed E-state index contributed by atoms with van der Waals surface area (Å²) >= 11 is 0. The van der Waals surface area contributed by atoms with Gasteiger partial charge >= 0.3 is 0 Å². The van der Waals surface area contributed by atoms with Gasteiger partial charge in [0.25, 0.3) is 0 Å². The molecule has 7 unspecified atom stereocenters. The van der Waals surface area contributed by atoms with Crippen LogP contribution in [0.4, 0.5) is 0 Å². The molecular weight excluding hydrogens is 556 g/mol. The molecular formula is C40H80N2O3. The van der Waals surface area contributed by atoms with Gasteiger partial charge < -0.3 is 24.7 Å². The minimum atomic E-state index is -0.778. The molecule has 1 aliphatic rings. The van der Waals surface area contributed by atoms with Crippen molar-refractivity contribution in [1.82, 2.24) is 9.80 Å². The maximum Gasteiger partial charge on any atom is 0.0690 e. The van der Waals surface area contributed by atoms with E-state index in [4.69, 9.17) is 4.74 Å². The third kappa shape index (κ3) is 13.5. The van der Waals surface area contributed by atoms with Gasteiger partial charge in [-0.05, 0) is 147 Å². The SMILES string of the molecule is C=CC(C)[C@@H](C[C@@H](CC)CC(C)[C@@H](C)OC)[C@H](C)[C@@H](CC1CC(C)CC(N(C)C)C1)[C@](C)(O)C[C@@H](C)CN(C)C(C)C(O)CC. The fourth-order valence-electron chi connectivity index (χ4n) is 9.07. The molecule has 268 valence electrons. The quantitative estimate of drug-likeness (QED) is 0.116. The minimum Gasteiger partial charge on any atom is -0.392 e. The zero-order chi connectivity index (χ0) is 34.6. The summed E-state index contributed by atoms with van der Waals surface area (Å²) < 4.78 is 5.71. The van der Waals surface area contributed by atoms with E-state index in [1.165, 1.54) is 38.5 Å². The highest BCUT2D eigenvalue weighted by Crippen LogP contribution is 2.46. The van der Waals surface area contributed by atoms with Gasteiger partial charge in [0.2, 0.25) is 0 Å². The van der Waals surface area contributed by atoms with E-state index in [0.717, 1.165) is 25.8 Å². The van der Waals surface area contributed by atoms with Crippen LogP contribution in [0.3, 0.4) is 0 Å². The van der Waals surface area contributed by atoms with Gasteiger partial charge in [-0.2, -0.15) is 0 Å². The third-order valence-electron chi connectivity index (χ3n) is 12.6. The van der Waals surface area contributed by atoms with Gasteiger partial charge in [-0.1, -0.05) is 61.0 Å². The maximum atomic E-state index is 12.6. The number of allylic oxidation sites excluding steroid dienone is 1. The third-order valence-corrected chi connectivity index (χ3v) is 12.6. The number of aliphatic hydroxyl groups is 2. The lowest BCUT2D eigenvalue weighted by molar-refractivity contribution is -0.0736. The zero-order valence-corrected chi connectivity index (χ0v) is 32.6. The van der Waals surface area contributed by atoms with Crippen LogP contribution in [0, 0.1) is 53.3 Å². The topological polar surface area (TPSA) is 56.2 Å². The number of hydrogen-bond acceptors (Lipinski definition) is 5. The Morgan fingerprint density at radius 1 is 0.978 bits per heavy atom. The fourth-order valence-corrected chi connectivity index (χ4v) is 9.07. The number of rotatable bonds is 22. The molecule has 14 atom stereocenters. The molecule has 1 saturated carbocycles. The summed E-state index contributed by atoms with van der Waals surface area (Å²) in [5.74, 6) is 4.26. The highest BCUT2D eigenvalue weighted by atomic mass is 16.5. The monoisotopic (exact) mass is 637 g/mol. The number of hydrogen-bond donors (Lipinski definition) is 2. The smallest absolute Gasteiger partial charge is 0.0690 e. The Morgan fingerprint density at radius 3 is 2.11 bits per heavy atom. The average molecular weight is 637 g/mol. The number of aliphatic hydroxyl groups excluding tert-OH is 1. The Kier molecular flexibility index (Phi) is 19.1. The second kappa shape index (κ2) is 20.1. The van der Waals surface area contributed by atoms with Crippen LogP contribution in [0.15, 0.2) is 12.7 Å². The lowest BCUT2D eigenvalue weighted by Gasteiger charge is -2.47. The largest absolute Gasteiger partial charge is 0.392 e. The van der Waals surface area contributed by atoms with Gasteiger partial charge in [0.1, 0.15) is 0 Å². The lowest BCUT2D eigenvalue weighted by atomic mass is 9.62. The predicted molar refractivity (Wildman–Crippen MR) is 196 cm³/mol. The van der Waals surface area contributed by atoms with E-state index in [2.05, 4.69) is 106 Å². The van der Waals surface area contributed by atoms with Crippen LogP contribution in [0.5, 0.6) is 0 Å². The number of likely N-dealkylation sites (N-methyl/N-ethyl adjacent to an activating group) is 1. The standard InChI is InChI=1S/C40H80N2O3/c1-16-29(6)37(23-34(17-2)21-30(7)33(10)45-15)31(8)38(24-35-19-27(4)20-36(22-35)41(12)13)40(11,44)25-28(5)26-42(14)32(9)39(43)18-3/h16,27-39,43-44H,1,17-26H2,2-15H3/t27?,28-,29?,30?,31+,32?,33-,34+,35?,36?,37-,38-,39?,40-/m1/s1. The van der Waals surface area contributed by atoms with Crippen molar-refractivity contribution >= 4 is 0 Å². The first kappa shape index (κ1) is 42.6. The highest BCUT2D eigenvalue weighted by Gasteiger charge is 2.43. The summed E-state index contributed by atoms with van der Waals surface area (Å²) in [6, 6.07) is 0.728. The van der Waals surface area contributed by atoms with E-state index in [-0.39, 0.29) is 24.2 Å². The van der Waals surface area contributed by atoms with Crippen molar-refractivity contribution in [2.75, 3.05) is 34.8 Å². The molecule has 0 radical (unpaired) electrons. The molecule has 5 heteroatoms. The molecule has 0 aromatic heterocycles. The van der Waals surface area contributed by atoms with Crippen LogP contribution in [0.2, 0.25) is 0 Å². The van der Waals surface area contributed by atoms with Crippen molar-refractivity contribution in [1.29, 1.82) is 0 Å². The first-order valence-electron chi connectivity index (χ1n) is 18.8. The highest BCUT2D eigenvalue weighted by molar-refractivity contribution is 4.96. The summed E-state index contributed by atoms with van der Waals surface area (Å²) in [4.78, 5) is 4.72. The summed E-state index contributed by atoms with van der Waals surface area (Å²) in [6.45, 7) is 27.9. The first-order chi connectivity index (χ1) is 20.9. The Bertz CT molecular complexity index is 802. The van der Waals surface area contributed by atoms with Gasteiger partial charge in [-0.25, -0.2) is 0 Å². The molecule has 0 amide bonds. The first-order valence-corrected chi connectivity index (χ1v) is 18.8. The van der Waals surface area contributed by atoms with Crippen LogP contribution in [-0.2, 0) is 4.74 Å². The molecule has 0 bridgehead atoms. The van der Waals surface area contributed by atoms with E-state index in [0.29, 0.717) is 53.4 Å². The molecule has 0 aromatic rings. The van der Waals surface area contributed by atoms with Crippen molar-refractivity contribution < 1.29 is 14.9 Å². The summed E-state index contributed by atoms with van der Waals surface area (Å²) in [7, 11) is 8.43. The van der Waals surface area contributed by atoms with Gasteiger partial charge in [0.15, 0.2) is 0 Å². The normalized spacial score (nSPS) is 27.6. The molecule has 2 N–H and O–H groups in total. The van der Waals surface area contributed by atoms with Gasteiger partial charge in [-0.15, -0.1) is 6.58 Å². The van der Waals surface area contributed by atoms with Crippen molar-refractivity contribution in [3.05, 3.63) is 12.7 Å². The zero-order valence-electron chi connectivity index (χ0n) is 32.6. The van der Waals surface area contributed by atoms with E-state index in [1.54, 1.807) is 0 Å². The molecule has 45 heavy (non-hydrogen) atoms. The Labute approximate surface area is 281 Å². The fraction of sp³-hybridized carbons (Fsp3) is 0.950. The van der Waals surface area contributed by atoms with E-state index in [9.17, 15) is 10.2 Å². The molecule has 5 nitrogen and oxygen atoms in total. The summed E-state index contributed by atoms with van der Waals surface area (Å²) in [5.41, 5.74) is -0.778. The lowest BCUT2D eigenvalue weighted by Crippen LogP contribution is -2.47. The molecule has 0 heterocycles. The molecule has 0 aromatic carbocycles. The summed E-state index contributed by atoms with van der Waals surface area (Å²) in [6.07, 6.45) is 12.0. The summed E-state index contributed by atoms with van der Waals surface area (Å²) in [5, 5.41) is 23.1. The van der Waals surface area contributed by atoms with Crippen molar-refractivity contribution in [2.45, 2.75) is 157 Å². The van der Waals surface area contributed by atoms with Crippen LogP contribution in [0.25, 0.3) is 0 Å². The van der Waals surface area contributed by atoms with Crippen LogP contribution >= 0.6 is 0 Å². The maximum absolute atomic E-state index is 12.6. The van der Waals surface area contributed by atoms with E-state index < -0.39 is 5.60 Å². The van der Waals surface area contributed by atoms with E-state index in [1.807, 2.05) is 14.0 Å². The van der Waals surface area contributed by atoms with Crippen molar-refractivity contribution in [2.24, 2.45) is 53.3 Å². The molecule has 0 saturated heterocycles. The molecule has 1 aliphatic carbocycles. The molecule has 0 spiro atoms. The second-order valence-corrected chi connectivity index (χ2v) is 16.7. The van der Waals surface area contributed by atoms with Crippen LogP contribution in [0.1, 0.15) is 127 Å². The van der Waals surface area contributed by atoms with Crippen molar-refractivity contribution in [3.63, 3.8) is 0 Å². The molecule has 1 fully saturated rings. The van der Waals surface area contributed by atoms with Crippen LogP contribution < -0.4 is 0 Å². The number of ether oxygens (including phenoxy) is 1. The predicted octanol–water partition coefficient (Wildman–Crippen LogP) is 8.78. The average Bonchev–Trinajstić information content (AvgIpc) is 2.98. The minimum absolute atomic E-state index is 0.107. The van der Waals surface area contributed by atoms with Crippen LogP contribution in [-0.4, -0.2) is 84.7 Å². The Balaban J connectivity index is 3.40. The molecule has 0 aliphatic heterocycles.